The summed E-state index contributed by atoms with van der Waals surface area (Å²) in [5, 5.41) is 5.45. The first-order valence-electron chi connectivity index (χ1n) is 8.08. The molecule has 1 aliphatic heterocycles. The number of ether oxygens (including phenoxy) is 1. The van der Waals surface area contributed by atoms with Crippen LogP contribution in [0.3, 0.4) is 0 Å². The number of fused-ring (bicyclic) bond motifs is 1. The first-order chi connectivity index (χ1) is 13.0. The summed E-state index contributed by atoms with van der Waals surface area (Å²) in [5.74, 6) is 0.236. The van der Waals surface area contributed by atoms with Gasteiger partial charge in [-0.15, -0.1) is 11.3 Å². The molecule has 0 radical (unpaired) electrons. The summed E-state index contributed by atoms with van der Waals surface area (Å²) in [4.78, 5) is 30.2. The van der Waals surface area contributed by atoms with Gasteiger partial charge in [0.25, 0.3) is 11.8 Å². The van der Waals surface area contributed by atoms with E-state index in [1.54, 1.807) is 36.2 Å². The molecular weight excluding hydrogens is 386 g/mol. The van der Waals surface area contributed by atoms with Gasteiger partial charge in [0.05, 0.1) is 22.0 Å². The van der Waals surface area contributed by atoms with E-state index in [-0.39, 0.29) is 18.4 Å². The number of rotatable bonds is 3. The number of anilines is 2. The summed E-state index contributed by atoms with van der Waals surface area (Å²) in [5.41, 5.74) is 2.61. The molecular formula is C19H14ClN3O3S. The van der Waals surface area contributed by atoms with E-state index in [9.17, 15) is 9.59 Å². The van der Waals surface area contributed by atoms with Gasteiger partial charge in [-0.3, -0.25) is 14.9 Å². The molecule has 1 aromatic heterocycles. The van der Waals surface area contributed by atoms with Crippen molar-refractivity contribution in [3.63, 3.8) is 0 Å². The lowest BCUT2D eigenvalue weighted by molar-refractivity contribution is -0.120. The lowest BCUT2D eigenvalue weighted by atomic mass is 10.1. The molecule has 8 heteroatoms. The van der Waals surface area contributed by atoms with E-state index in [1.807, 2.05) is 23.6 Å². The molecule has 2 heterocycles. The van der Waals surface area contributed by atoms with Gasteiger partial charge in [-0.25, -0.2) is 4.98 Å². The molecule has 4 rings (SSSR count). The molecule has 27 heavy (non-hydrogen) atoms. The Morgan fingerprint density at radius 3 is 2.93 bits per heavy atom. The number of nitrogens with one attached hydrogen (secondary N) is 1. The highest BCUT2D eigenvalue weighted by molar-refractivity contribution is 7.14. The largest absolute Gasteiger partial charge is 0.482 e. The van der Waals surface area contributed by atoms with Crippen LogP contribution < -0.4 is 15.0 Å². The van der Waals surface area contributed by atoms with Crippen LogP contribution >= 0.6 is 22.9 Å². The van der Waals surface area contributed by atoms with E-state index in [4.69, 9.17) is 16.3 Å². The van der Waals surface area contributed by atoms with Crippen LogP contribution in [0.1, 0.15) is 10.4 Å². The fraction of sp³-hybridized carbons (Fsp3) is 0.105. The second-order valence-electron chi connectivity index (χ2n) is 5.90. The van der Waals surface area contributed by atoms with E-state index in [0.29, 0.717) is 32.8 Å². The summed E-state index contributed by atoms with van der Waals surface area (Å²) in [6, 6.07) is 12.4. The van der Waals surface area contributed by atoms with Gasteiger partial charge in [-0.05, 0) is 30.3 Å². The van der Waals surface area contributed by atoms with Gasteiger partial charge in [-0.1, -0.05) is 23.7 Å². The zero-order chi connectivity index (χ0) is 19.0. The Morgan fingerprint density at radius 1 is 1.30 bits per heavy atom. The van der Waals surface area contributed by atoms with Crippen molar-refractivity contribution < 1.29 is 14.3 Å². The molecule has 3 aromatic rings. The molecule has 0 unspecified atom stereocenters. The Balaban J connectivity index is 1.57. The van der Waals surface area contributed by atoms with Gasteiger partial charge in [0.15, 0.2) is 11.7 Å². The standard InChI is InChI=1S/C19H14ClN3O3S/c1-23-15-8-11(6-7-16(15)26-9-17(23)24)14-10-27-19(21-14)22-18(25)12-4-2-3-5-13(12)20/h2-8,10H,9H2,1H3,(H,21,22,25). The molecule has 2 amide bonds. The Labute approximate surface area is 164 Å². The van der Waals surface area contributed by atoms with Crippen LogP contribution in [0.5, 0.6) is 5.75 Å². The zero-order valence-electron chi connectivity index (χ0n) is 14.2. The molecule has 0 atom stereocenters. The number of likely N-dealkylation sites (N-methyl/N-ethyl adjacent to an activating group) is 1. The number of hydrogen-bond acceptors (Lipinski definition) is 5. The number of amides is 2. The van der Waals surface area contributed by atoms with Crippen molar-refractivity contribution in [1.82, 2.24) is 4.98 Å². The summed E-state index contributed by atoms with van der Waals surface area (Å²) >= 11 is 7.37. The monoisotopic (exact) mass is 399 g/mol. The first kappa shape index (κ1) is 17.5. The van der Waals surface area contributed by atoms with Crippen LogP contribution in [0.2, 0.25) is 5.02 Å². The van der Waals surface area contributed by atoms with E-state index in [0.717, 1.165) is 5.56 Å². The van der Waals surface area contributed by atoms with Crippen LogP contribution in [0.4, 0.5) is 10.8 Å². The number of carbonyl (C=O) groups excluding carboxylic acids is 2. The van der Waals surface area contributed by atoms with E-state index < -0.39 is 0 Å². The maximum Gasteiger partial charge on any atom is 0.264 e. The minimum absolute atomic E-state index is 0.0395. The fourth-order valence-corrected chi connectivity index (χ4v) is 3.64. The fourth-order valence-electron chi connectivity index (χ4n) is 2.71. The molecule has 1 N–H and O–H groups in total. The van der Waals surface area contributed by atoms with E-state index in [2.05, 4.69) is 10.3 Å². The van der Waals surface area contributed by atoms with Gasteiger partial charge in [-0.2, -0.15) is 0 Å². The van der Waals surface area contributed by atoms with E-state index >= 15 is 0 Å². The van der Waals surface area contributed by atoms with Gasteiger partial charge < -0.3 is 9.64 Å². The van der Waals surface area contributed by atoms with Crippen molar-refractivity contribution in [2.24, 2.45) is 0 Å². The Morgan fingerprint density at radius 2 is 2.11 bits per heavy atom. The highest BCUT2D eigenvalue weighted by atomic mass is 35.5. The third-order valence-electron chi connectivity index (χ3n) is 4.18. The summed E-state index contributed by atoms with van der Waals surface area (Å²) in [6.45, 7) is 0.0395. The molecule has 6 nitrogen and oxygen atoms in total. The van der Waals surface area contributed by atoms with Gasteiger partial charge in [0.2, 0.25) is 0 Å². The van der Waals surface area contributed by atoms with Crippen LogP contribution in [0.25, 0.3) is 11.3 Å². The Kier molecular flexibility index (Phi) is 4.55. The highest BCUT2D eigenvalue weighted by Gasteiger charge is 2.23. The third-order valence-corrected chi connectivity index (χ3v) is 5.27. The Bertz CT molecular complexity index is 1050. The minimum Gasteiger partial charge on any atom is -0.482 e. The minimum atomic E-state index is -0.314. The molecule has 0 fully saturated rings. The molecule has 0 saturated carbocycles. The van der Waals surface area contributed by atoms with Crippen molar-refractivity contribution in [3.8, 4) is 17.0 Å². The van der Waals surface area contributed by atoms with Crippen molar-refractivity contribution in [3.05, 3.63) is 58.4 Å². The molecule has 0 saturated heterocycles. The third kappa shape index (κ3) is 3.39. The van der Waals surface area contributed by atoms with E-state index in [1.165, 1.54) is 11.3 Å². The second-order valence-corrected chi connectivity index (χ2v) is 7.16. The Hall–Kier alpha value is -2.90. The molecule has 1 aliphatic rings. The number of aromatic nitrogens is 1. The first-order valence-corrected chi connectivity index (χ1v) is 9.34. The predicted molar refractivity (Wildman–Crippen MR) is 106 cm³/mol. The number of thiazole rings is 1. The van der Waals surface area contributed by atoms with Crippen molar-refractivity contribution in [2.75, 3.05) is 23.9 Å². The summed E-state index contributed by atoms with van der Waals surface area (Å²) < 4.78 is 5.44. The highest BCUT2D eigenvalue weighted by Crippen LogP contribution is 2.36. The van der Waals surface area contributed by atoms with Crippen molar-refractivity contribution >= 4 is 45.6 Å². The molecule has 2 aromatic carbocycles. The van der Waals surface area contributed by atoms with Crippen molar-refractivity contribution in [1.29, 1.82) is 0 Å². The zero-order valence-corrected chi connectivity index (χ0v) is 15.8. The molecule has 0 aliphatic carbocycles. The SMILES string of the molecule is CN1C(=O)COc2ccc(-c3csc(NC(=O)c4ccccc4Cl)n3)cc21. The molecule has 0 spiro atoms. The number of benzene rings is 2. The number of hydrogen-bond donors (Lipinski definition) is 1. The molecule has 0 bridgehead atoms. The topological polar surface area (TPSA) is 71.5 Å². The maximum atomic E-state index is 12.4. The summed E-state index contributed by atoms with van der Waals surface area (Å²) in [7, 11) is 1.71. The average Bonchev–Trinajstić information content (AvgIpc) is 3.13. The van der Waals surface area contributed by atoms with Crippen LogP contribution in [-0.4, -0.2) is 30.5 Å². The van der Waals surface area contributed by atoms with Crippen LogP contribution in [-0.2, 0) is 4.79 Å². The number of carbonyl (C=O) groups is 2. The predicted octanol–water partition coefficient (Wildman–Crippen LogP) is 4.07. The lowest BCUT2D eigenvalue weighted by Crippen LogP contribution is -2.35. The number of nitrogens with zero attached hydrogens (tertiary/aromatic N) is 2. The number of halogens is 1. The van der Waals surface area contributed by atoms with Gasteiger partial charge >= 0.3 is 0 Å². The van der Waals surface area contributed by atoms with Gasteiger partial charge in [0.1, 0.15) is 5.75 Å². The molecule has 136 valence electrons. The van der Waals surface area contributed by atoms with Crippen LogP contribution in [0.15, 0.2) is 47.8 Å². The lowest BCUT2D eigenvalue weighted by Gasteiger charge is -2.26. The normalized spacial score (nSPS) is 13.1. The maximum absolute atomic E-state index is 12.4. The average molecular weight is 400 g/mol. The smallest absolute Gasteiger partial charge is 0.264 e. The quantitative estimate of drug-likeness (QED) is 0.720. The van der Waals surface area contributed by atoms with Crippen molar-refractivity contribution in [2.45, 2.75) is 0 Å². The van der Waals surface area contributed by atoms with Gasteiger partial charge in [0, 0.05) is 18.0 Å². The van der Waals surface area contributed by atoms with Crippen LogP contribution in [0, 0.1) is 0 Å². The summed E-state index contributed by atoms with van der Waals surface area (Å²) in [6.07, 6.45) is 0. The second kappa shape index (κ2) is 7.02.